The van der Waals surface area contributed by atoms with Crippen LogP contribution >= 0.6 is 0 Å². The maximum absolute atomic E-state index is 9.11. The normalized spacial score (nSPS) is 10.7. The number of ether oxygens (including phenoxy) is 2. The van der Waals surface area contributed by atoms with Crippen molar-refractivity contribution in [2.24, 2.45) is 0 Å². The minimum absolute atomic E-state index is 0.0672. The molecule has 1 N–H and O–H groups in total. The van der Waals surface area contributed by atoms with Crippen molar-refractivity contribution >= 4 is 5.95 Å². The molecule has 19 heavy (non-hydrogen) atoms. The molecule has 0 saturated heterocycles. The Bertz CT molecular complexity index is 350. The van der Waals surface area contributed by atoms with E-state index in [2.05, 4.69) is 16.9 Å². The lowest BCUT2D eigenvalue weighted by atomic mass is 10.3. The van der Waals surface area contributed by atoms with Crippen molar-refractivity contribution in [1.29, 1.82) is 0 Å². The molecule has 1 rings (SSSR count). The number of methoxy groups -OCH3 is 1. The van der Waals surface area contributed by atoms with Crippen molar-refractivity contribution < 1.29 is 14.6 Å². The van der Waals surface area contributed by atoms with Crippen LogP contribution in [0.2, 0.25) is 0 Å². The van der Waals surface area contributed by atoms with Gasteiger partial charge in [-0.15, -0.1) is 0 Å². The van der Waals surface area contributed by atoms with Crippen LogP contribution in [0.25, 0.3) is 0 Å². The first kappa shape index (κ1) is 15.8. The molecule has 1 heterocycles. The number of aliphatic hydroxyl groups excluding tert-OH is 1. The summed E-state index contributed by atoms with van der Waals surface area (Å²) < 4.78 is 10.3. The number of aromatic nitrogens is 2. The zero-order valence-electron chi connectivity index (χ0n) is 11.7. The molecule has 0 aliphatic carbocycles. The van der Waals surface area contributed by atoms with Crippen LogP contribution in [0.5, 0.6) is 0 Å². The molecule has 0 spiro atoms. The lowest BCUT2D eigenvalue weighted by Crippen LogP contribution is -2.32. The van der Waals surface area contributed by atoms with Crippen molar-refractivity contribution in [2.45, 2.75) is 13.3 Å². The number of nitrogens with zero attached hydrogens (tertiary/aromatic N) is 3. The second-order valence-corrected chi connectivity index (χ2v) is 4.02. The van der Waals surface area contributed by atoms with Crippen molar-refractivity contribution in [3.8, 4) is 0 Å². The van der Waals surface area contributed by atoms with Gasteiger partial charge in [0.1, 0.15) is 0 Å². The van der Waals surface area contributed by atoms with Gasteiger partial charge in [-0.05, 0) is 12.5 Å². The van der Waals surface area contributed by atoms with Crippen LogP contribution in [0.3, 0.4) is 0 Å². The Morgan fingerprint density at radius 3 is 2.79 bits per heavy atom. The molecule has 0 aliphatic heterocycles. The van der Waals surface area contributed by atoms with Gasteiger partial charge >= 0.3 is 0 Å². The zero-order chi connectivity index (χ0) is 13.9. The summed E-state index contributed by atoms with van der Waals surface area (Å²) in [5.41, 5.74) is 0.994. The van der Waals surface area contributed by atoms with Crippen LogP contribution < -0.4 is 4.90 Å². The summed E-state index contributed by atoms with van der Waals surface area (Å²) in [6, 6.07) is 1.90. The molecule has 1 aromatic heterocycles. The van der Waals surface area contributed by atoms with Crippen molar-refractivity contribution in [1.82, 2.24) is 9.97 Å². The van der Waals surface area contributed by atoms with Gasteiger partial charge in [0.25, 0.3) is 0 Å². The number of aryl methyl sites for hydroxylation is 1. The second-order valence-electron chi connectivity index (χ2n) is 4.02. The molecule has 0 bridgehead atoms. The summed E-state index contributed by atoms with van der Waals surface area (Å²) in [4.78, 5) is 10.6. The Morgan fingerprint density at radius 1 is 1.26 bits per heavy atom. The van der Waals surface area contributed by atoms with Crippen LogP contribution in [0.4, 0.5) is 5.95 Å². The van der Waals surface area contributed by atoms with E-state index in [0.717, 1.165) is 12.1 Å². The highest BCUT2D eigenvalue weighted by atomic mass is 16.5. The molecule has 0 aromatic carbocycles. The Morgan fingerprint density at radius 2 is 2.11 bits per heavy atom. The first-order valence-electron chi connectivity index (χ1n) is 6.56. The van der Waals surface area contributed by atoms with Crippen LogP contribution in [-0.4, -0.2) is 61.7 Å². The fourth-order valence-corrected chi connectivity index (χ4v) is 1.59. The summed E-state index contributed by atoms with van der Waals surface area (Å²) in [5.74, 6) is 0.642. The molecule has 6 nitrogen and oxygen atoms in total. The summed E-state index contributed by atoms with van der Waals surface area (Å²) >= 11 is 0. The minimum Gasteiger partial charge on any atom is -0.395 e. The average molecular weight is 269 g/mol. The van der Waals surface area contributed by atoms with Crippen LogP contribution in [-0.2, 0) is 15.9 Å². The summed E-state index contributed by atoms with van der Waals surface area (Å²) in [5, 5.41) is 9.11. The Labute approximate surface area is 114 Å². The van der Waals surface area contributed by atoms with Crippen LogP contribution in [0.1, 0.15) is 12.6 Å². The van der Waals surface area contributed by atoms with Gasteiger partial charge in [0, 0.05) is 32.1 Å². The third kappa shape index (κ3) is 5.96. The quantitative estimate of drug-likeness (QED) is 0.624. The largest absolute Gasteiger partial charge is 0.395 e. The van der Waals surface area contributed by atoms with Crippen LogP contribution in [0.15, 0.2) is 12.3 Å². The number of rotatable bonds is 10. The van der Waals surface area contributed by atoms with Gasteiger partial charge in [0.05, 0.1) is 26.4 Å². The van der Waals surface area contributed by atoms with Gasteiger partial charge in [0.15, 0.2) is 0 Å². The van der Waals surface area contributed by atoms with Gasteiger partial charge in [-0.3, -0.25) is 0 Å². The van der Waals surface area contributed by atoms with E-state index in [9.17, 15) is 0 Å². The number of hydrogen-bond acceptors (Lipinski definition) is 6. The lowest BCUT2D eigenvalue weighted by Gasteiger charge is -2.21. The van der Waals surface area contributed by atoms with Gasteiger partial charge in [-0.1, -0.05) is 6.92 Å². The van der Waals surface area contributed by atoms with Crippen molar-refractivity contribution in [3.05, 3.63) is 18.0 Å². The molecule has 108 valence electrons. The Balaban J connectivity index is 2.50. The lowest BCUT2D eigenvalue weighted by molar-refractivity contribution is 0.0737. The molecule has 0 radical (unpaired) electrons. The molecule has 0 amide bonds. The summed E-state index contributed by atoms with van der Waals surface area (Å²) in [7, 11) is 1.64. The van der Waals surface area contributed by atoms with Crippen molar-refractivity contribution in [2.75, 3.05) is 51.5 Å². The second kappa shape index (κ2) is 9.66. The highest BCUT2D eigenvalue weighted by molar-refractivity contribution is 5.30. The third-order valence-corrected chi connectivity index (χ3v) is 2.65. The molecular weight excluding hydrogens is 246 g/mol. The number of aliphatic hydroxyl groups is 1. The number of anilines is 1. The highest BCUT2D eigenvalue weighted by Gasteiger charge is 2.09. The average Bonchev–Trinajstić information content (AvgIpc) is 2.46. The predicted octanol–water partition coefficient (Wildman–Crippen LogP) is 0.501. The standard InChI is InChI=1S/C13H23N3O3/c1-3-12-4-5-14-13(15-12)16(6-8-17)7-9-19-11-10-18-2/h4-5,17H,3,6-11H2,1-2H3. The molecule has 0 saturated carbocycles. The molecule has 0 aliphatic rings. The fraction of sp³-hybridized carbons (Fsp3) is 0.692. The molecule has 0 fully saturated rings. The molecular formula is C13H23N3O3. The molecule has 0 unspecified atom stereocenters. The monoisotopic (exact) mass is 269 g/mol. The van der Waals surface area contributed by atoms with E-state index in [0.29, 0.717) is 38.9 Å². The molecule has 6 heteroatoms. The maximum Gasteiger partial charge on any atom is 0.225 e. The van der Waals surface area contributed by atoms with E-state index in [1.807, 2.05) is 11.0 Å². The molecule has 0 atom stereocenters. The van der Waals surface area contributed by atoms with E-state index in [-0.39, 0.29) is 6.61 Å². The van der Waals surface area contributed by atoms with E-state index in [1.165, 1.54) is 0 Å². The summed E-state index contributed by atoms with van der Waals surface area (Å²) in [6.07, 6.45) is 2.62. The molecule has 1 aromatic rings. The van der Waals surface area contributed by atoms with Gasteiger partial charge < -0.3 is 19.5 Å². The first-order chi connectivity index (χ1) is 9.31. The number of hydrogen-bond donors (Lipinski definition) is 1. The van der Waals surface area contributed by atoms with Gasteiger partial charge in [-0.2, -0.15) is 0 Å². The first-order valence-corrected chi connectivity index (χ1v) is 6.56. The Hall–Kier alpha value is -1.24. The minimum atomic E-state index is 0.0672. The third-order valence-electron chi connectivity index (χ3n) is 2.65. The van der Waals surface area contributed by atoms with Gasteiger partial charge in [-0.25, -0.2) is 9.97 Å². The van der Waals surface area contributed by atoms with Crippen molar-refractivity contribution in [3.63, 3.8) is 0 Å². The van der Waals surface area contributed by atoms with E-state index in [1.54, 1.807) is 13.3 Å². The topological polar surface area (TPSA) is 67.7 Å². The smallest absolute Gasteiger partial charge is 0.225 e. The maximum atomic E-state index is 9.11. The SMILES string of the molecule is CCc1ccnc(N(CCO)CCOCCOC)n1. The van der Waals surface area contributed by atoms with E-state index in [4.69, 9.17) is 14.6 Å². The zero-order valence-corrected chi connectivity index (χ0v) is 11.7. The Kier molecular flexibility index (Phi) is 8.04. The highest BCUT2D eigenvalue weighted by Crippen LogP contribution is 2.07. The van der Waals surface area contributed by atoms with Crippen LogP contribution in [0, 0.1) is 0 Å². The summed E-state index contributed by atoms with van der Waals surface area (Å²) in [6.45, 7) is 4.98. The van der Waals surface area contributed by atoms with E-state index < -0.39 is 0 Å². The van der Waals surface area contributed by atoms with E-state index >= 15 is 0 Å². The predicted molar refractivity (Wildman–Crippen MR) is 73.4 cm³/mol. The van der Waals surface area contributed by atoms with Gasteiger partial charge in [0.2, 0.25) is 5.95 Å². The fourth-order valence-electron chi connectivity index (χ4n) is 1.59.